The van der Waals surface area contributed by atoms with Crippen LogP contribution in [0.15, 0.2) is 47.1 Å². The zero-order valence-corrected chi connectivity index (χ0v) is 17.5. The van der Waals surface area contributed by atoms with Crippen LogP contribution in [0.25, 0.3) is 0 Å². The van der Waals surface area contributed by atoms with E-state index in [0.29, 0.717) is 11.3 Å². The highest BCUT2D eigenvalue weighted by molar-refractivity contribution is 6.22. The Labute approximate surface area is 178 Å². The topological polar surface area (TPSA) is 134 Å². The third-order valence-electron chi connectivity index (χ3n) is 5.20. The second kappa shape index (κ2) is 8.13. The van der Waals surface area contributed by atoms with Gasteiger partial charge in [-0.25, -0.2) is 9.59 Å². The second-order valence-electron chi connectivity index (χ2n) is 6.74. The number of likely N-dealkylation sites (N-methyl/N-ethyl adjacent to an activating group) is 1. The lowest BCUT2D eigenvalue weighted by Gasteiger charge is -2.36. The van der Waals surface area contributed by atoms with Gasteiger partial charge in [0.25, 0.3) is 0 Å². The molecular weight excluding hydrogens is 408 g/mol. The Morgan fingerprint density at radius 2 is 1.77 bits per heavy atom. The predicted molar refractivity (Wildman–Crippen MR) is 106 cm³/mol. The van der Waals surface area contributed by atoms with E-state index in [1.54, 1.807) is 31.2 Å². The molecule has 0 radical (unpaired) electrons. The molecule has 0 aliphatic carbocycles. The normalized spacial score (nSPS) is 19.9. The fourth-order valence-corrected chi connectivity index (χ4v) is 3.95. The minimum absolute atomic E-state index is 0.0103. The highest BCUT2D eigenvalue weighted by atomic mass is 16.5. The summed E-state index contributed by atoms with van der Waals surface area (Å²) in [5.41, 5.74) is 4.13. The van der Waals surface area contributed by atoms with Crippen LogP contribution in [0.2, 0.25) is 0 Å². The molecule has 1 amide bonds. The monoisotopic (exact) mass is 430 g/mol. The van der Waals surface area contributed by atoms with Crippen molar-refractivity contribution in [1.82, 2.24) is 0 Å². The molecular formula is C21H22N2O8. The highest BCUT2D eigenvalue weighted by Gasteiger charge is 2.63. The Hall–Kier alpha value is -3.82. The van der Waals surface area contributed by atoms with Crippen molar-refractivity contribution < 1.29 is 38.1 Å². The van der Waals surface area contributed by atoms with E-state index in [9.17, 15) is 19.2 Å². The third-order valence-corrected chi connectivity index (χ3v) is 5.20. The average molecular weight is 430 g/mol. The number of rotatable bonds is 5. The van der Waals surface area contributed by atoms with Gasteiger partial charge in [0.1, 0.15) is 28.7 Å². The molecule has 2 heterocycles. The van der Waals surface area contributed by atoms with Crippen LogP contribution in [0.1, 0.15) is 18.9 Å². The Bertz CT molecular complexity index is 1040. The molecule has 164 valence electrons. The van der Waals surface area contributed by atoms with Gasteiger partial charge in [-0.2, -0.15) is 0 Å². The van der Waals surface area contributed by atoms with E-state index in [0.717, 1.165) is 14.2 Å². The number of methoxy groups -OCH3 is 2. The first-order valence-corrected chi connectivity index (χ1v) is 9.37. The number of nitrogens with zero attached hydrogens (tertiary/aromatic N) is 1. The van der Waals surface area contributed by atoms with Gasteiger partial charge in [0, 0.05) is 18.3 Å². The largest absolute Gasteiger partial charge is 0.469 e. The number of anilines is 1. The molecule has 0 fully saturated rings. The van der Waals surface area contributed by atoms with Gasteiger partial charge in [-0.15, -0.1) is 0 Å². The van der Waals surface area contributed by atoms with Crippen molar-refractivity contribution in [3.05, 3.63) is 52.6 Å². The first-order chi connectivity index (χ1) is 14.7. The molecule has 0 unspecified atom stereocenters. The predicted octanol–water partition coefficient (Wildman–Crippen LogP) is 0.655. The molecule has 0 bridgehead atoms. The summed E-state index contributed by atoms with van der Waals surface area (Å²) in [5.74, 6) is -3.99. The van der Waals surface area contributed by atoms with Crippen LogP contribution < -0.4 is 10.6 Å². The molecule has 1 aromatic carbocycles. The van der Waals surface area contributed by atoms with E-state index in [2.05, 4.69) is 4.74 Å². The Kier molecular flexibility index (Phi) is 5.74. The average Bonchev–Trinajstić information content (AvgIpc) is 2.96. The summed E-state index contributed by atoms with van der Waals surface area (Å²) in [6.45, 7) is 1.57. The SMILES string of the molecule is CCOC(=O)C1=C(N)OC(CC(=O)OC)=C(C(=O)OC)[C@]12C(=O)N(C)c1ccccc12. The second-order valence-corrected chi connectivity index (χ2v) is 6.74. The van der Waals surface area contributed by atoms with Crippen LogP contribution in [0.3, 0.4) is 0 Å². The number of fused-ring (bicyclic) bond motifs is 2. The van der Waals surface area contributed by atoms with Gasteiger partial charge in [0.05, 0.1) is 20.8 Å². The van der Waals surface area contributed by atoms with Crippen molar-refractivity contribution in [2.45, 2.75) is 18.8 Å². The van der Waals surface area contributed by atoms with E-state index in [4.69, 9.17) is 19.9 Å². The summed E-state index contributed by atoms with van der Waals surface area (Å²) in [7, 11) is 3.77. The molecule has 1 aromatic rings. The standard InChI is InChI=1S/C21H22N2O8/c1-5-30-19(26)16-17(22)31-13(10-14(24)28-3)15(18(25)29-4)21(16)11-8-6-7-9-12(11)23(2)20(21)27/h6-9H,5,10,22H2,1-4H3/t21-/m0/s1. The summed E-state index contributed by atoms with van der Waals surface area (Å²) in [5, 5.41) is 0. The van der Waals surface area contributed by atoms with Crippen LogP contribution in [-0.2, 0) is 43.5 Å². The summed E-state index contributed by atoms with van der Waals surface area (Å²) in [6, 6.07) is 6.60. The molecule has 1 spiro atoms. The molecule has 0 saturated carbocycles. The molecule has 10 nitrogen and oxygen atoms in total. The molecule has 0 aromatic heterocycles. The number of carbonyl (C=O) groups excluding carboxylic acids is 4. The molecule has 0 saturated heterocycles. The number of esters is 3. The van der Waals surface area contributed by atoms with Crippen LogP contribution in [0, 0.1) is 0 Å². The zero-order valence-electron chi connectivity index (χ0n) is 17.5. The number of benzene rings is 1. The Morgan fingerprint density at radius 3 is 2.39 bits per heavy atom. The van der Waals surface area contributed by atoms with Crippen molar-refractivity contribution in [2.75, 3.05) is 32.8 Å². The van der Waals surface area contributed by atoms with Crippen molar-refractivity contribution in [2.24, 2.45) is 5.73 Å². The summed E-state index contributed by atoms with van der Waals surface area (Å²) in [6.07, 6.45) is -0.515. The maximum absolute atomic E-state index is 13.8. The van der Waals surface area contributed by atoms with E-state index in [-0.39, 0.29) is 23.5 Å². The number of hydrogen-bond acceptors (Lipinski definition) is 9. The fourth-order valence-electron chi connectivity index (χ4n) is 3.95. The number of carbonyl (C=O) groups is 4. The van der Waals surface area contributed by atoms with Gasteiger partial charge in [0.2, 0.25) is 11.8 Å². The minimum Gasteiger partial charge on any atom is -0.469 e. The quantitative estimate of drug-likeness (QED) is 0.528. The van der Waals surface area contributed by atoms with Gasteiger partial charge < -0.3 is 29.6 Å². The molecule has 2 N–H and O–H groups in total. The lowest BCUT2D eigenvalue weighted by molar-refractivity contribution is -0.142. The van der Waals surface area contributed by atoms with Crippen LogP contribution in [0.5, 0.6) is 0 Å². The molecule has 1 atom stereocenters. The lowest BCUT2D eigenvalue weighted by Crippen LogP contribution is -2.50. The van der Waals surface area contributed by atoms with Crippen molar-refractivity contribution in [3.63, 3.8) is 0 Å². The number of amides is 1. The smallest absolute Gasteiger partial charge is 0.341 e. The summed E-state index contributed by atoms with van der Waals surface area (Å²) in [4.78, 5) is 53.1. The van der Waals surface area contributed by atoms with Crippen molar-refractivity contribution in [1.29, 1.82) is 0 Å². The maximum Gasteiger partial charge on any atom is 0.341 e. The third kappa shape index (κ3) is 3.11. The van der Waals surface area contributed by atoms with Crippen LogP contribution in [-0.4, -0.2) is 51.7 Å². The first-order valence-electron chi connectivity index (χ1n) is 9.37. The van der Waals surface area contributed by atoms with Gasteiger partial charge in [-0.05, 0) is 13.0 Å². The highest BCUT2D eigenvalue weighted by Crippen LogP contribution is 2.54. The Morgan fingerprint density at radius 1 is 1.10 bits per heavy atom. The van der Waals surface area contributed by atoms with Crippen LogP contribution >= 0.6 is 0 Å². The first kappa shape index (κ1) is 21.9. The van der Waals surface area contributed by atoms with Gasteiger partial charge in [-0.1, -0.05) is 18.2 Å². The van der Waals surface area contributed by atoms with Crippen molar-refractivity contribution in [3.8, 4) is 0 Å². The van der Waals surface area contributed by atoms with Gasteiger partial charge >= 0.3 is 17.9 Å². The lowest BCUT2D eigenvalue weighted by atomic mass is 9.67. The van der Waals surface area contributed by atoms with E-state index < -0.39 is 41.5 Å². The van der Waals surface area contributed by atoms with Gasteiger partial charge in [0.15, 0.2) is 0 Å². The minimum atomic E-state index is -2.02. The van der Waals surface area contributed by atoms with E-state index in [1.165, 1.54) is 11.9 Å². The van der Waals surface area contributed by atoms with Crippen molar-refractivity contribution >= 4 is 29.5 Å². The molecule has 2 aliphatic rings. The van der Waals surface area contributed by atoms with Gasteiger partial charge in [-0.3, -0.25) is 9.59 Å². The van der Waals surface area contributed by atoms with E-state index in [1.807, 2.05) is 0 Å². The zero-order chi connectivity index (χ0) is 22.9. The number of ether oxygens (including phenoxy) is 4. The van der Waals surface area contributed by atoms with E-state index >= 15 is 0 Å². The maximum atomic E-state index is 13.8. The van der Waals surface area contributed by atoms with Crippen LogP contribution in [0.4, 0.5) is 5.69 Å². The Balaban J connectivity index is 2.45. The summed E-state index contributed by atoms with van der Waals surface area (Å²) < 4.78 is 20.3. The molecule has 10 heteroatoms. The molecule has 31 heavy (non-hydrogen) atoms. The number of hydrogen-bond donors (Lipinski definition) is 1. The number of para-hydroxylation sites is 1. The molecule has 2 aliphatic heterocycles. The summed E-state index contributed by atoms with van der Waals surface area (Å²) >= 11 is 0. The number of nitrogens with two attached hydrogens (primary N) is 1. The molecule has 3 rings (SSSR count). The fraction of sp³-hybridized carbons (Fsp3) is 0.333.